The van der Waals surface area contributed by atoms with Crippen LogP contribution < -0.4 is 0 Å². The first kappa shape index (κ1) is 13.5. The molecule has 5 heteroatoms. The second-order valence-corrected chi connectivity index (χ2v) is 5.63. The molecule has 0 aromatic carbocycles. The Bertz CT molecular complexity index is 401. The van der Waals surface area contributed by atoms with E-state index in [1.807, 2.05) is 24.0 Å². The fourth-order valence-electron chi connectivity index (χ4n) is 2.24. The summed E-state index contributed by atoms with van der Waals surface area (Å²) in [6.07, 6.45) is 4.10. The lowest BCUT2D eigenvalue weighted by atomic mass is 10.2. The molecule has 2 rings (SSSR count). The molecule has 0 aliphatic carbocycles. The highest BCUT2D eigenvalue weighted by molar-refractivity contribution is 7.98. The summed E-state index contributed by atoms with van der Waals surface area (Å²) in [7, 11) is 0. The van der Waals surface area contributed by atoms with Crippen molar-refractivity contribution in [3.63, 3.8) is 0 Å². The summed E-state index contributed by atoms with van der Waals surface area (Å²) in [6, 6.07) is 4.07. The Morgan fingerprint density at radius 2 is 2.06 bits per heavy atom. The maximum absolute atomic E-state index is 8.77. The van der Waals surface area contributed by atoms with Gasteiger partial charge in [-0.15, -0.1) is 0 Å². The molecular formula is C13H20N4S. The highest BCUT2D eigenvalue weighted by Gasteiger charge is 2.16. The van der Waals surface area contributed by atoms with Crippen LogP contribution in [0.5, 0.6) is 0 Å². The number of hydrogen-bond donors (Lipinski definition) is 1. The minimum absolute atomic E-state index is 0.656. The molecule has 1 N–H and O–H groups in total. The zero-order valence-corrected chi connectivity index (χ0v) is 11.7. The van der Waals surface area contributed by atoms with Crippen LogP contribution in [-0.2, 0) is 6.54 Å². The van der Waals surface area contributed by atoms with Crippen molar-refractivity contribution in [1.29, 1.82) is 5.26 Å². The number of hydrogen-bond acceptors (Lipinski definition) is 4. The molecule has 1 aromatic rings. The zero-order valence-electron chi connectivity index (χ0n) is 10.9. The lowest BCUT2D eigenvalue weighted by Crippen LogP contribution is -2.46. The lowest BCUT2D eigenvalue weighted by molar-refractivity contribution is 0.133. The first-order valence-corrected chi connectivity index (χ1v) is 7.72. The third-order valence-corrected chi connectivity index (χ3v) is 3.94. The number of aromatic nitrogens is 1. The molecule has 0 saturated carbocycles. The molecule has 1 fully saturated rings. The van der Waals surface area contributed by atoms with E-state index < -0.39 is 0 Å². The molecule has 0 atom stereocenters. The molecule has 0 amide bonds. The molecule has 1 aromatic heterocycles. The molecule has 0 spiro atoms. The minimum atomic E-state index is 0.656. The van der Waals surface area contributed by atoms with Gasteiger partial charge in [0, 0.05) is 51.2 Å². The molecule has 18 heavy (non-hydrogen) atoms. The average molecular weight is 264 g/mol. The van der Waals surface area contributed by atoms with Crippen LogP contribution in [0.25, 0.3) is 0 Å². The highest BCUT2D eigenvalue weighted by atomic mass is 32.2. The van der Waals surface area contributed by atoms with E-state index in [1.54, 1.807) is 0 Å². The summed E-state index contributed by atoms with van der Waals surface area (Å²) in [5, 5.41) is 8.77. The number of H-pyrrole nitrogens is 1. The third-order valence-electron chi connectivity index (χ3n) is 3.35. The normalized spacial score (nSPS) is 17.8. The van der Waals surface area contributed by atoms with Crippen molar-refractivity contribution in [2.45, 2.75) is 6.54 Å². The quantitative estimate of drug-likeness (QED) is 0.872. The summed E-state index contributed by atoms with van der Waals surface area (Å²) in [4.78, 5) is 7.97. The van der Waals surface area contributed by atoms with E-state index in [0.717, 1.165) is 32.7 Å². The van der Waals surface area contributed by atoms with Crippen LogP contribution in [0.15, 0.2) is 12.3 Å². The molecule has 0 unspecified atom stereocenters. The monoisotopic (exact) mass is 264 g/mol. The summed E-state index contributed by atoms with van der Waals surface area (Å²) in [6.45, 7) is 6.74. The largest absolute Gasteiger partial charge is 0.353 e. The average Bonchev–Trinajstić information content (AvgIpc) is 2.86. The fourth-order valence-corrected chi connectivity index (χ4v) is 2.69. The molecule has 2 heterocycles. The Kier molecular flexibility index (Phi) is 5.12. The van der Waals surface area contributed by atoms with Crippen LogP contribution in [-0.4, -0.2) is 59.5 Å². The van der Waals surface area contributed by atoms with Gasteiger partial charge in [0.15, 0.2) is 0 Å². The van der Waals surface area contributed by atoms with Gasteiger partial charge in [0.05, 0.1) is 0 Å². The highest BCUT2D eigenvalue weighted by Crippen LogP contribution is 2.10. The molecule has 0 bridgehead atoms. The Labute approximate surface area is 113 Å². The van der Waals surface area contributed by atoms with Gasteiger partial charge in [-0.1, -0.05) is 0 Å². The number of nitrogens with zero attached hydrogens (tertiary/aromatic N) is 3. The van der Waals surface area contributed by atoms with Crippen LogP contribution in [0.3, 0.4) is 0 Å². The van der Waals surface area contributed by atoms with Crippen molar-refractivity contribution >= 4 is 11.8 Å². The second kappa shape index (κ2) is 6.83. The maximum atomic E-state index is 8.77. The predicted molar refractivity (Wildman–Crippen MR) is 75.6 cm³/mol. The number of piperazine rings is 1. The van der Waals surface area contributed by atoms with Crippen molar-refractivity contribution in [2.75, 3.05) is 44.7 Å². The van der Waals surface area contributed by atoms with E-state index >= 15 is 0 Å². The van der Waals surface area contributed by atoms with Gasteiger partial charge in [0.25, 0.3) is 0 Å². The molecule has 1 aliphatic rings. The minimum Gasteiger partial charge on any atom is -0.353 e. The fraction of sp³-hybridized carbons (Fsp3) is 0.615. The van der Waals surface area contributed by atoms with Crippen molar-refractivity contribution in [3.05, 3.63) is 23.5 Å². The van der Waals surface area contributed by atoms with Crippen LogP contribution in [0.1, 0.15) is 11.3 Å². The van der Waals surface area contributed by atoms with Gasteiger partial charge in [-0.25, -0.2) is 0 Å². The number of rotatable bonds is 5. The zero-order chi connectivity index (χ0) is 12.8. The van der Waals surface area contributed by atoms with E-state index in [2.05, 4.69) is 27.1 Å². The summed E-state index contributed by atoms with van der Waals surface area (Å²) >= 11 is 1.91. The van der Waals surface area contributed by atoms with Crippen LogP contribution in [0.2, 0.25) is 0 Å². The molecule has 1 saturated heterocycles. The topological polar surface area (TPSA) is 46.1 Å². The van der Waals surface area contributed by atoms with Gasteiger partial charge in [-0.05, 0) is 17.9 Å². The molecule has 0 radical (unpaired) electrons. The van der Waals surface area contributed by atoms with Gasteiger partial charge in [-0.3, -0.25) is 9.80 Å². The summed E-state index contributed by atoms with van der Waals surface area (Å²) in [5.41, 5.74) is 1.87. The number of thioether (sulfide) groups is 1. The predicted octanol–water partition coefficient (Wildman–Crippen LogP) is 1.37. The van der Waals surface area contributed by atoms with E-state index in [-0.39, 0.29) is 0 Å². The van der Waals surface area contributed by atoms with Crippen LogP contribution in [0, 0.1) is 11.3 Å². The third kappa shape index (κ3) is 3.77. The van der Waals surface area contributed by atoms with Gasteiger partial charge >= 0.3 is 0 Å². The smallest absolute Gasteiger partial charge is 0.117 e. The first-order chi connectivity index (χ1) is 8.81. The van der Waals surface area contributed by atoms with Gasteiger partial charge in [-0.2, -0.15) is 17.0 Å². The van der Waals surface area contributed by atoms with Gasteiger partial charge < -0.3 is 4.98 Å². The van der Waals surface area contributed by atoms with Gasteiger partial charge in [0.2, 0.25) is 0 Å². The number of nitrogens with one attached hydrogen (secondary N) is 1. The van der Waals surface area contributed by atoms with E-state index in [4.69, 9.17) is 5.26 Å². The SMILES string of the molecule is CSCCN1CCN(Cc2c[nH]c(C#N)c2)CC1. The molecule has 1 aliphatic heterocycles. The summed E-state index contributed by atoms with van der Waals surface area (Å²) < 4.78 is 0. The Balaban J connectivity index is 1.75. The molecular weight excluding hydrogens is 244 g/mol. The van der Waals surface area contributed by atoms with Crippen molar-refractivity contribution in [3.8, 4) is 6.07 Å². The van der Waals surface area contributed by atoms with Crippen molar-refractivity contribution in [1.82, 2.24) is 14.8 Å². The van der Waals surface area contributed by atoms with Crippen LogP contribution >= 0.6 is 11.8 Å². The van der Waals surface area contributed by atoms with Crippen molar-refractivity contribution < 1.29 is 0 Å². The van der Waals surface area contributed by atoms with Crippen LogP contribution in [0.4, 0.5) is 0 Å². The van der Waals surface area contributed by atoms with E-state index in [1.165, 1.54) is 17.9 Å². The Hall–Kier alpha value is -0.960. The van der Waals surface area contributed by atoms with Gasteiger partial charge in [0.1, 0.15) is 11.8 Å². The van der Waals surface area contributed by atoms with E-state index in [0.29, 0.717) is 5.69 Å². The second-order valence-electron chi connectivity index (χ2n) is 4.64. The molecule has 98 valence electrons. The Morgan fingerprint density at radius 3 is 2.67 bits per heavy atom. The first-order valence-electron chi connectivity index (χ1n) is 6.33. The summed E-state index contributed by atoms with van der Waals surface area (Å²) in [5.74, 6) is 1.23. The standard InChI is InChI=1S/C13H20N4S/c1-18-7-6-16-2-4-17(5-3-16)11-12-8-13(9-14)15-10-12/h8,10,15H,2-7,11H2,1H3. The number of nitriles is 1. The lowest BCUT2D eigenvalue weighted by Gasteiger charge is -2.34. The number of aromatic amines is 1. The van der Waals surface area contributed by atoms with Crippen molar-refractivity contribution in [2.24, 2.45) is 0 Å². The maximum Gasteiger partial charge on any atom is 0.117 e. The molecule has 4 nitrogen and oxygen atoms in total. The van der Waals surface area contributed by atoms with E-state index in [9.17, 15) is 0 Å². The Morgan fingerprint density at radius 1 is 1.33 bits per heavy atom.